The molecule has 28 N–H and O–H groups in total. The largest absolute Gasteiger partial charge is 0.394 e. The average Bonchev–Trinajstić information content (AvgIpc) is 0.784. The Kier molecular flexibility index (Phi) is 48.7. The fraction of sp³-hybridized carbons (Fsp3) is 0.900. The maximum atomic E-state index is 13.8. The van der Waals surface area contributed by atoms with Crippen molar-refractivity contribution in [2.45, 2.75) is 376 Å². The highest BCUT2D eigenvalue weighted by Crippen LogP contribution is 2.35. The molecule has 0 unspecified atom stereocenters. The van der Waals surface area contributed by atoms with Crippen LogP contribution in [0.4, 0.5) is 0 Å². The fourth-order valence-electron chi connectivity index (χ4n) is 15.3. The predicted molar refractivity (Wildman–Crippen MR) is 429 cm³/mol. The van der Waals surface area contributed by atoms with E-state index in [1.807, 2.05) is 0 Å². The minimum absolute atomic E-state index is 0.00847. The van der Waals surface area contributed by atoms with Gasteiger partial charge in [0, 0.05) is 77.4 Å². The quantitative estimate of drug-likeness (QED) is 0.0251. The standard InChI is InChI=1S/C80H137N5O45/c1-3-37(90)14-10-11-19-50(95)84-40(22-20-38(91)15-7-4-5-8-17-48(93)81-25-28-119-78-69(114)71(130-80-67(112)62(107)55(100)45(33-89)126-80)57(102)47(128-78)35-121-76-65(110)60(105)53(98)43(31-87)124-76)72(115)82-24-12-6-9-18-49(94)85-41(73(116)83-26-29-118-74-63(108)58(103)51(96)36(2)122-74)23-21-39(92)16-13-27-117-77-68(113)70(129-79-66(111)61(106)54(99)44(32-88)125-79)56(101)46(127-77)34-120-75-64(109)59(104)52(97)42(30-86)123-75/h36,40-47,51-71,74-80,86-89,96-114H,3-35H2,1-2H3,(H,81,93)(H,82,115)(H,83,116)(H,84,95)(H,85,94)/t36-,40-,41-,42+,43+,44+,45+,46+,47+,51+,52+,53+,54+,55+,56+,57+,58+,59-,60-,61-,62-,63-,64-,65-,66-,67-,68-,69-,70-,71-,74-,75-,76-,77-,78-,79+,80+/m0/s1. The van der Waals surface area contributed by atoms with Crippen molar-refractivity contribution in [3.05, 3.63) is 0 Å². The molecule has 7 rings (SSSR count). The van der Waals surface area contributed by atoms with E-state index < -0.39 is 302 Å². The van der Waals surface area contributed by atoms with Gasteiger partial charge in [0.25, 0.3) is 0 Å². The second-order valence-corrected chi connectivity index (χ2v) is 33.3. The van der Waals surface area contributed by atoms with Crippen LogP contribution in [0.2, 0.25) is 0 Å². The van der Waals surface area contributed by atoms with E-state index in [1.54, 1.807) is 6.92 Å². The molecule has 130 heavy (non-hydrogen) atoms. The summed E-state index contributed by atoms with van der Waals surface area (Å²) in [6, 6.07) is -2.48. The van der Waals surface area contributed by atoms with Gasteiger partial charge in [-0.15, -0.1) is 0 Å². The van der Waals surface area contributed by atoms with E-state index in [4.69, 9.17) is 66.3 Å². The number of aliphatic hydroxyl groups is 23. The number of amides is 5. The summed E-state index contributed by atoms with van der Waals surface area (Å²) < 4.78 is 78.3. The number of carbonyl (C=O) groups is 8. The van der Waals surface area contributed by atoms with E-state index in [1.165, 1.54) is 6.92 Å². The topological polar surface area (TPSA) is 791 Å². The SMILES string of the molecule is CCC(=O)CCCCC(=O)N[C@@H](CCC(=O)CCCCCCC(=O)NCCO[C@H]1O[C@H](CO[C@H]2O[C@H](CO)[C@@H](O)[C@H](O)[C@@H]2O)[C@@H](O)[C@H](O[C@H]2O[C@H](CO)[C@@H](O)[C@H](O)[C@@H]2O)[C@@H]1O)C(=O)NCCCCCC(=O)N[C@@H](CCC(=O)CCCO[C@H]1O[C@H](CO[C@H]2O[C@H](CO)[C@@H](O)[C@H](O)[C@@H]2O)[C@@H](O)[C@H](O[C@H]2O[C@H](CO)[C@@H](O)[C@H](O)[C@@H]2O)[C@@H]1O)C(=O)NCCO[C@H]1O[C@@H](C)[C@@H](O)[C@@H](O)[C@@H]1O. The first-order chi connectivity index (χ1) is 61.9. The van der Waals surface area contributed by atoms with Gasteiger partial charge in [0.15, 0.2) is 44.0 Å². The molecule has 7 saturated heterocycles. The minimum atomic E-state index is -2.02. The Balaban J connectivity index is 0.853. The molecular weight excluding hydrogens is 1750 g/mol. The molecule has 50 nitrogen and oxygen atoms in total. The normalized spacial score (nSPS) is 37.0. The highest BCUT2D eigenvalue weighted by Gasteiger charge is 2.56. The molecule has 0 saturated carbocycles. The van der Waals surface area contributed by atoms with Crippen molar-refractivity contribution in [2.24, 2.45) is 0 Å². The highest BCUT2D eigenvalue weighted by molar-refractivity contribution is 5.89. The number of hydrogen-bond donors (Lipinski definition) is 28. The molecule has 50 heteroatoms. The van der Waals surface area contributed by atoms with Crippen LogP contribution in [0.3, 0.4) is 0 Å². The molecule has 0 aromatic carbocycles. The number of rotatable bonds is 56. The summed E-state index contributed by atoms with van der Waals surface area (Å²) in [6.45, 7) is -2.96. The first kappa shape index (κ1) is 112. The Labute approximate surface area is 747 Å². The molecule has 752 valence electrons. The van der Waals surface area contributed by atoms with Crippen LogP contribution in [-0.4, -0.2) is 470 Å². The van der Waals surface area contributed by atoms with Gasteiger partial charge >= 0.3 is 0 Å². The molecule has 7 heterocycles. The first-order valence-electron chi connectivity index (χ1n) is 44.2. The Morgan fingerprint density at radius 1 is 0.285 bits per heavy atom. The zero-order valence-corrected chi connectivity index (χ0v) is 72.5. The van der Waals surface area contributed by atoms with E-state index in [0.29, 0.717) is 57.8 Å². The van der Waals surface area contributed by atoms with Crippen molar-refractivity contribution in [3.8, 4) is 0 Å². The van der Waals surface area contributed by atoms with Crippen molar-refractivity contribution in [1.82, 2.24) is 26.6 Å². The van der Waals surface area contributed by atoms with Gasteiger partial charge < -0.3 is 210 Å². The van der Waals surface area contributed by atoms with Crippen molar-refractivity contribution in [3.63, 3.8) is 0 Å². The maximum absolute atomic E-state index is 13.8. The number of aliphatic hydroxyl groups excluding tert-OH is 23. The van der Waals surface area contributed by atoms with Crippen LogP contribution >= 0.6 is 0 Å². The zero-order chi connectivity index (χ0) is 95.8. The molecule has 7 fully saturated rings. The molecule has 0 aliphatic carbocycles. The van der Waals surface area contributed by atoms with Crippen LogP contribution in [-0.2, 0) is 105 Å². The molecule has 0 aromatic rings. The van der Waals surface area contributed by atoms with E-state index >= 15 is 0 Å². The van der Waals surface area contributed by atoms with Crippen LogP contribution in [0.5, 0.6) is 0 Å². The number of hydrogen-bond acceptors (Lipinski definition) is 45. The van der Waals surface area contributed by atoms with Crippen LogP contribution in [0.15, 0.2) is 0 Å². The van der Waals surface area contributed by atoms with E-state index in [2.05, 4.69) is 26.6 Å². The van der Waals surface area contributed by atoms with Gasteiger partial charge in [-0.3, -0.25) is 38.4 Å². The van der Waals surface area contributed by atoms with E-state index in [0.717, 1.165) is 0 Å². The summed E-state index contributed by atoms with van der Waals surface area (Å²) in [5, 5.41) is 254. The summed E-state index contributed by atoms with van der Waals surface area (Å²) in [5.41, 5.74) is 0. The monoisotopic (exact) mass is 1890 g/mol. The van der Waals surface area contributed by atoms with Gasteiger partial charge in [-0.1, -0.05) is 26.2 Å². The minimum Gasteiger partial charge on any atom is -0.394 e. The summed E-state index contributed by atoms with van der Waals surface area (Å²) in [5.74, 6) is -3.53. The Morgan fingerprint density at radius 2 is 0.600 bits per heavy atom. The molecule has 5 amide bonds. The summed E-state index contributed by atoms with van der Waals surface area (Å²) in [6.07, 6.45) is -57.4. The molecule has 7 aliphatic heterocycles. The van der Waals surface area contributed by atoms with Crippen LogP contribution in [0.1, 0.15) is 149 Å². The molecule has 0 radical (unpaired) electrons. The summed E-state index contributed by atoms with van der Waals surface area (Å²) in [4.78, 5) is 106. The number of ketones is 3. The number of Topliss-reactive ketones (excluding diaryl/α,β-unsaturated/α-hetero) is 3. The van der Waals surface area contributed by atoms with Gasteiger partial charge in [-0.25, -0.2) is 0 Å². The molecule has 37 atom stereocenters. The summed E-state index contributed by atoms with van der Waals surface area (Å²) >= 11 is 0. The van der Waals surface area contributed by atoms with Gasteiger partial charge in [0.05, 0.1) is 65.6 Å². The second-order valence-electron chi connectivity index (χ2n) is 33.3. The molecule has 7 aliphatic rings. The maximum Gasteiger partial charge on any atom is 0.242 e. The fourth-order valence-corrected chi connectivity index (χ4v) is 15.3. The average molecular weight is 1890 g/mol. The number of ether oxygens (including phenoxy) is 14. The van der Waals surface area contributed by atoms with Gasteiger partial charge in [-0.2, -0.15) is 0 Å². The van der Waals surface area contributed by atoms with Gasteiger partial charge in [-0.05, 0) is 64.7 Å². The smallest absolute Gasteiger partial charge is 0.242 e. The third-order valence-corrected chi connectivity index (χ3v) is 23.4. The molecule has 0 spiro atoms. The number of nitrogens with one attached hydrogen (secondary N) is 5. The summed E-state index contributed by atoms with van der Waals surface area (Å²) in [7, 11) is 0. The van der Waals surface area contributed by atoms with E-state index in [9.17, 15) is 156 Å². The Hall–Kier alpha value is -5.12. The van der Waals surface area contributed by atoms with Crippen molar-refractivity contribution < 1.29 is 222 Å². The lowest BCUT2D eigenvalue weighted by Gasteiger charge is -2.46. The predicted octanol–water partition coefficient (Wildman–Crippen LogP) is -13.0. The lowest BCUT2D eigenvalue weighted by atomic mass is 9.96. The Morgan fingerprint density at radius 3 is 1.02 bits per heavy atom. The van der Waals surface area contributed by atoms with Gasteiger partial charge in [0.1, 0.15) is 194 Å². The van der Waals surface area contributed by atoms with Crippen LogP contribution < -0.4 is 26.6 Å². The van der Waals surface area contributed by atoms with Crippen molar-refractivity contribution in [1.29, 1.82) is 0 Å². The van der Waals surface area contributed by atoms with Crippen molar-refractivity contribution >= 4 is 46.9 Å². The molecular formula is C80H137N5O45. The third-order valence-electron chi connectivity index (χ3n) is 23.4. The molecule has 0 aromatic heterocycles. The Bertz CT molecular complexity index is 3370. The van der Waals surface area contributed by atoms with Crippen molar-refractivity contribution in [2.75, 3.05) is 79.1 Å². The van der Waals surface area contributed by atoms with Crippen LogP contribution in [0.25, 0.3) is 0 Å². The highest BCUT2D eigenvalue weighted by atomic mass is 16.8. The van der Waals surface area contributed by atoms with Gasteiger partial charge in [0.2, 0.25) is 29.5 Å². The number of unbranched alkanes of at least 4 members (excludes halogenated alkanes) is 6. The second kappa shape index (κ2) is 56.5. The number of carbonyl (C=O) groups excluding carboxylic acids is 8. The lowest BCUT2D eigenvalue weighted by molar-refractivity contribution is -0.366. The molecule has 0 bridgehead atoms. The third kappa shape index (κ3) is 33.1. The lowest BCUT2D eigenvalue weighted by Crippen LogP contribution is -2.65. The zero-order valence-electron chi connectivity index (χ0n) is 72.5. The first-order valence-corrected chi connectivity index (χ1v) is 44.2. The van der Waals surface area contributed by atoms with Crippen LogP contribution in [0, 0.1) is 0 Å². The van der Waals surface area contributed by atoms with E-state index in [-0.39, 0.29) is 128 Å².